The van der Waals surface area contributed by atoms with Crippen LogP contribution in [-0.2, 0) is 0 Å². The number of nitrogens with one attached hydrogen (secondary N) is 1. The van der Waals surface area contributed by atoms with Crippen molar-refractivity contribution in [3.63, 3.8) is 0 Å². The summed E-state index contributed by atoms with van der Waals surface area (Å²) in [6.45, 7) is 2.03. The molecular formula is C11H16FNOS. The monoisotopic (exact) mass is 229 g/mol. The maximum Gasteiger partial charge on any atom is 0.123 e. The molecule has 1 aromatic carbocycles. The first kappa shape index (κ1) is 12.5. The van der Waals surface area contributed by atoms with E-state index in [0.717, 1.165) is 10.6 Å². The van der Waals surface area contributed by atoms with Gasteiger partial charge < -0.3 is 10.4 Å². The lowest BCUT2D eigenvalue weighted by molar-refractivity contribution is 0.200. The van der Waals surface area contributed by atoms with Gasteiger partial charge in [-0.1, -0.05) is 0 Å². The molecule has 4 heteroatoms. The number of thioether (sulfide) groups is 1. The van der Waals surface area contributed by atoms with E-state index in [9.17, 15) is 9.50 Å². The second-order valence-corrected chi connectivity index (χ2v) is 4.76. The van der Waals surface area contributed by atoms with Crippen LogP contribution in [0.5, 0.6) is 0 Å². The Balaban J connectivity index is 2.53. The minimum atomic E-state index is -0.293. The fraction of sp³-hybridized carbons (Fsp3) is 0.455. The smallest absolute Gasteiger partial charge is 0.123 e. The number of hydrogen-bond donors (Lipinski definition) is 2. The zero-order valence-corrected chi connectivity index (χ0v) is 9.77. The summed E-state index contributed by atoms with van der Waals surface area (Å²) in [5.74, 6) is 0.518. The Kier molecular flexibility index (Phi) is 4.57. The summed E-state index contributed by atoms with van der Waals surface area (Å²) in [5, 5.41) is 12.2. The van der Waals surface area contributed by atoms with Crippen LogP contribution in [0.3, 0.4) is 0 Å². The highest BCUT2D eigenvalue weighted by Crippen LogP contribution is 2.22. The summed E-state index contributed by atoms with van der Waals surface area (Å²) in [6.07, 6.45) is 0. The number of likely N-dealkylation sites (N-methyl/N-ethyl adjacent to an activating group) is 1. The van der Waals surface area contributed by atoms with Gasteiger partial charge in [0.15, 0.2) is 0 Å². The van der Waals surface area contributed by atoms with Gasteiger partial charge in [-0.25, -0.2) is 4.39 Å². The molecule has 0 fully saturated rings. The molecule has 15 heavy (non-hydrogen) atoms. The molecule has 1 aromatic rings. The summed E-state index contributed by atoms with van der Waals surface area (Å²) in [4.78, 5) is 1.01. The van der Waals surface area contributed by atoms with Crippen LogP contribution in [0.15, 0.2) is 29.2 Å². The molecule has 0 aromatic heterocycles. The first-order valence-electron chi connectivity index (χ1n) is 4.78. The van der Waals surface area contributed by atoms with Crippen LogP contribution < -0.4 is 5.32 Å². The van der Waals surface area contributed by atoms with Crippen LogP contribution in [0.2, 0.25) is 0 Å². The van der Waals surface area contributed by atoms with Gasteiger partial charge in [-0.2, -0.15) is 0 Å². The van der Waals surface area contributed by atoms with Crippen molar-refractivity contribution in [2.75, 3.05) is 19.4 Å². The van der Waals surface area contributed by atoms with Crippen molar-refractivity contribution < 1.29 is 9.50 Å². The van der Waals surface area contributed by atoms with E-state index in [1.807, 2.05) is 14.0 Å². The van der Waals surface area contributed by atoms with Crippen molar-refractivity contribution in [2.24, 2.45) is 0 Å². The minimum Gasteiger partial charge on any atom is -0.394 e. The van der Waals surface area contributed by atoms with E-state index in [2.05, 4.69) is 5.32 Å². The van der Waals surface area contributed by atoms with Gasteiger partial charge in [-0.3, -0.25) is 0 Å². The summed E-state index contributed by atoms with van der Waals surface area (Å²) in [7, 11) is 1.82. The molecule has 2 nitrogen and oxygen atoms in total. The molecule has 0 aliphatic heterocycles. The van der Waals surface area contributed by atoms with Gasteiger partial charge in [0.25, 0.3) is 0 Å². The molecule has 1 unspecified atom stereocenters. The molecule has 0 aliphatic rings. The first-order chi connectivity index (χ1) is 7.09. The minimum absolute atomic E-state index is 0.0810. The van der Waals surface area contributed by atoms with Gasteiger partial charge in [0.1, 0.15) is 5.82 Å². The largest absolute Gasteiger partial charge is 0.394 e. The van der Waals surface area contributed by atoms with Gasteiger partial charge in [0.2, 0.25) is 0 Å². The van der Waals surface area contributed by atoms with Gasteiger partial charge in [-0.15, -0.1) is 11.8 Å². The number of benzene rings is 1. The van der Waals surface area contributed by atoms with Crippen molar-refractivity contribution in [3.05, 3.63) is 30.1 Å². The lowest BCUT2D eigenvalue weighted by Gasteiger charge is -2.26. The van der Waals surface area contributed by atoms with Crippen LogP contribution in [0, 0.1) is 5.82 Å². The van der Waals surface area contributed by atoms with E-state index in [1.165, 1.54) is 12.1 Å². The van der Waals surface area contributed by atoms with E-state index in [4.69, 9.17) is 0 Å². The zero-order valence-electron chi connectivity index (χ0n) is 8.96. The van der Waals surface area contributed by atoms with Crippen LogP contribution in [0.1, 0.15) is 6.92 Å². The number of hydrogen-bond acceptors (Lipinski definition) is 3. The first-order valence-corrected chi connectivity index (χ1v) is 5.76. The number of aliphatic hydroxyl groups is 1. The molecule has 2 N–H and O–H groups in total. The molecule has 0 radical (unpaired) electrons. The molecular weight excluding hydrogens is 213 g/mol. The molecule has 0 bridgehead atoms. The number of halogens is 1. The molecule has 84 valence electrons. The van der Waals surface area contributed by atoms with Crippen LogP contribution in [0.4, 0.5) is 4.39 Å². The number of aliphatic hydroxyl groups excluding tert-OH is 1. The second kappa shape index (κ2) is 5.49. The van der Waals surface area contributed by atoms with E-state index < -0.39 is 0 Å². The highest BCUT2D eigenvalue weighted by atomic mass is 32.2. The maximum atomic E-state index is 12.6. The predicted octanol–water partition coefficient (Wildman–Crippen LogP) is 1.89. The van der Waals surface area contributed by atoms with Gasteiger partial charge in [0.05, 0.1) is 6.61 Å². The summed E-state index contributed by atoms with van der Waals surface area (Å²) in [5.41, 5.74) is -0.293. The Morgan fingerprint density at radius 2 is 2.00 bits per heavy atom. The molecule has 0 saturated carbocycles. The van der Waals surface area contributed by atoms with Gasteiger partial charge in [0, 0.05) is 16.2 Å². The maximum absolute atomic E-state index is 12.6. The SMILES string of the molecule is CNC(C)(CO)CSc1ccc(F)cc1. The second-order valence-electron chi connectivity index (χ2n) is 3.71. The molecule has 1 atom stereocenters. The quantitative estimate of drug-likeness (QED) is 0.756. The number of rotatable bonds is 5. The Hall–Kier alpha value is -0.580. The Labute approximate surface area is 93.9 Å². The molecule has 0 heterocycles. The van der Waals surface area contributed by atoms with E-state index in [0.29, 0.717) is 0 Å². The highest BCUT2D eigenvalue weighted by Gasteiger charge is 2.20. The normalized spacial score (nSPS) is 14.9. The predicted molar refractivity (Wildman–Crippen MR) is 61.7 cm³/mol. The molecule has 1 rings (SSSR count). The Morgan fingerprint density at radius 1 is 1.40 bits per heavy atom. The lowest BCUT2D eigenvalue weighted by atomic mass is 10.1. The fourth-order valence-corrected chi connectivity index (χ4v) is 2.02. The Bertz CT molecular complexity index is 298. The van der Waals surface area contributed by atoms with E-state index in [1.54, 1.807) is 23.9 Å². The van der Waals surface area contributed by atoms with Crippen molar-refractivity contribution in [1.29, 1.82) is 0 Å². The Morgan fingerprint density at radius 3 is 2.47 bits per heavy atom. The van der Waals surface area contributed by atoms with Crippen molar-refractivity contribution >= 4 is 11.8 Å². The van der Waals surface area contributed by atoms with Crippen molar-refractivity contribution in [1.82, 2.24) is 5.32 Å². The van der Waals surface area contributed by atoms with Crippen molar-refractivity contribution in [2.45, 2.75) is 17.4 Å². The zero-order chi connectivity index (χ0) is 11.3. The summed E-state index contributed by atoms with van der Waals surface area (Å²) in [6, 6.07) is 6.37. The topological polar surface area (TPSA) is 32.3 Å². The third kappa shape index (κ3) is 3.81. The van der Waals surface area contributed by atoms with Crippen LogP contribution in [0.25, 0.3) is 0 Å². The average Bonchev–Trinajstić information content (AvgIpc) is 2.28. The lowest BCUT2D eigenvalue weighted by Crippen LogP contribution is -2.45. The van der Waals surface area contributed by atoms with Gasteiger partial charge >= 0.3 is 0 Å². The summed E-state index contributed by atoms with van der Waals surface area (Å²) < 4.78 is 12.6. The standard InChI is InChI=1S/C11H16FNOS/c1-11(7-14,13-2)8-15-10-5-3-9(12)4-6-10/h3-6,13-14H,7-8H2,1-2H3. The van der Waals surface area contributed by atoms with E-state index in [-0.39, 0.29) is 18.0 Å². The summed E-state index contributed by atoms with van der Waals surface area (Å²) >= 11 is 1.60. The third-order valence-electron chi connectivity index (χ3n) is 2.32. The molecule has 0 aliphatic carbocycles. The molecule has 0 spiro atoms. The van der Waals surface area contributed by atoms with E-state index >= 15 is 0 Å². The highest BCUT2D eigenvalue weighted by molar-refractivity contribution is 7.99. The van der Waals surface area contributed by atoms with Crippen LogP contribution >= 0.6 is 11.8 Å². The van der Waals surface area contributed by atoms with Gasteiger partial charge in [-0.05, 0) is 38.2 Å². The average molecular weight is 229 g/mol. The fourth-order valence-electron chi connectivity index (χ4n) is 0.970. The third-order valence-corrected chi connectivity index (χ3v) is 3.71. The molecule has 0 saturated heterocycles. The van der Waals surface area contributed by atoms with Crippen LogP contribution in [-0.4, -0.2) is 30.1 Å². The van der Waals surface area contributed by atoms with Crippen molar-refractivity contribution in [3.8, 4) is 0 Å². The molecule has 0 amide bonds.